The van der Waals surface area contributed by atoms with E-state index in [0.29, 0.717) is 13.2 Å². The van der Waals surface area contributed by atoms with Gasteiger partial charge in [0.2, 0.25) is 5.91 Å². The molecule has 1 saturated carbocycles. The van der Waals surface area contributed by atoms with Gasteiger partial charge in [0.25, 0.3) is 0 Å². The van der Waals surface area contributed by atoms with Crippen molar-refractivity contribution in [3.05, 3.63) is 30.1 Å². The molecule has 3 fully saturated rings. The first-order valence-corrected chi connectivity index (χ1v) is 9.20. The van der Waals surface area contributed by atoms with Gasteiger partial charge in [-0.25, -0.2) is 0 Å². The van der Waals surface area contributed by atoms with Crippen molar-refractivity contribution in [2.75, 3.05) is 26.4 Å². The van der Waals surface area contributed by atoms with E-state index in [1.54, 1.807) is 0 Å². The van der Waals surface area contributed by atoms with E-state index in [4.69, 9.17) is 9.47 Å². The highest BCUT2D eigenvalue weighted by Gasteiger charge is 2.41. The second kappa shape index (κ2) is 7.19. The van der Waals surface area contributed by atoms with Crippen LogP contribution in [0, 0.1) is 11.8 Å². The molecule has 3 aliphatic rings. The zero-order valence-corrected chi connectivity index (χ0v) is 14.1. The van der Waals surface area contributed by atoms with Crippen LogP contribution in [0.15, 0.2) is 24.5 Å². The van der Waals surface area contributed by atoms with Crippen LogP contribution in [0.2, 0.25) is 0 Å². The zero-order valence-electron chi connectivity index (χ0n) is 14.1. The molecule has 1 amide bonds. The van der Waals surface area contributed by atoms with Gasteiger partial charge in [0.15, 0.2) is 0 Å². The highest BCUT2D eigenvalue weighted by molar-refractivity contribution is 5.80. The molecule has 0 bridgehead atoms. The predicted octanol–water partition coefficient (Wildman–Crippen LogP) is 2.06. The van der Waals surface area contributed by atoms with Crippen LogP contribution in [0.25, 0.3) is 0 Å². The zero-order chi connectivity index (χ0) is 16.4. The van der Waals surface area contributed by atoms with Crippen LogP contribution in [0.1, 0.15) is 31.2 Å². The van der Waals surface area contributed by atoms with Crippen molar-refractivity contribution >= 4 is 5.91 Å². The van der Waals surface area contributed by atoms with Crippen molar-refractivity contribution in [2.24, 2.45) is 11.8 Å². The Labute approximate surface area is 143 Å². The average molecular weight is 330 g/mol. The number of amides is 1. The Hall–Kier alpha value is -1.46. The summed E-state index contributed by atoms with van der Waals surface area (Å²) < 4.78 is 11.6. The summed E-state index contributed by atoms with van der Waals surface area (Å²) in [4.78, 5) is 19.1. The minimum absolute atomic E-state index is 0.0344. The number of aromatic nitrogens is 1. The first-order valence-electron chi connectivity index (χ1n) is 9.20. The van der Waals surface area contributed by atoms with E-state index in [2.05, 4.69) is 9.88 Å². The van der Waals surface area contributed by atoms with Crippen molar-refractivity contribution < 1.29 is 14.3 Å². The normalized spacial score (nSPS) is 30.0. The molecule has 0 radical (unpaired) electrons. The first-order chi connectivity index (χ1) is 11.8. The maximum Gasteiger partial charge on any atom is 0.228 e. The number of hydrogen-bond donors (Lipinski definition) is 0. The minimum atomic E-state index is 0.0344. The monoisotopic (exact) mass is 330 g/mol. The number of nitrogens with zero attached hydrogens (tertiary/aromatic N) is 2. The second-order valence-electron chi connectivity index (χ2n) is 7.32. The van der Waals surface area contributed by atoms with Gasteiger partial charge >= 0.3 is 0 Å². The molecule has 1 aliphatic carbocycles. The molecule has 2 saturated heterocycles. The lowest BCUT2D eigenvalue weighted by molar-refractivity contribution is -0.137. The van der Waals surface area contributed by atoms with Crippen molar-refractivity contribution in [2.45, 2.75) is 44.2 Å². The number of rotatable bonds is 6. The van der Waals surface area contributed by atoms with Gasteiger partial charge in [-0.05, 0) is 55.7 Å². The summed E-state index contributed by atoms with van der Waals surface area (Å²) in [6, 6.07) is 4.22. The molecule has 3 atom stereocenters. The van der Waals surface area contributed by atoms with E-state index in [-0.39, 0.29) is 24.0 Å². The Balaban J connectivity index is 1.47. The number of carbonyl (C=O) groups is 1. The van der Waals surface area contributed by atoms with Gasteiger partial charge in [-0.15, -0.1) is 0 Å². The van der Waals surface area contributed by atoms with E-state index in [1.165, 1.54) is 18.4 Å². The van der Waals surface area contributed by atoms with Gasteiger partial charge in [0, 0.05) is 32.2 Å². The maximum atomic E-state index is 12.9. The molecule has 1 aromatic rings. The van der Waals surface area contributed by atoms with Crippen LogP contribution in [-0.4, -0.2) is 54.3 Å². The van der Waals surface area contributed by atoms with Gasteiger partial charge in [-0.2, -0.15) is 0 Å². The minimum Gasteiger partial charge on any atom is -0.381 e. The number of likely N-dealkylation sites (tertiary alicyclic amines) is 1. The van der Waals surface area contributed by atoms with Crippen molar-refractivity contribution in [1.82, 2.24) is 9.88 Å². The molecule has 24 heavy (non-hydrogen) atoms. The fraction of sp³-hybridized carbons (Fsp3) is 0.684. The van der Waals surface area contributed by atoms with E-state index < -0.39 is 0 Å². The predicted molar refractivity (Wildman–Crippen MR) is 89.4 cm³/mol. The number of carbonyl (C=O) groups excluding carboxylic acids is 1. The summed E-state index contributed by atoms with van der Waals surface area (Å²) in [5.41, 5.74) is 1.22. The third-order valence-electron chi connectivity index (χ3n) is 5.48. The van der Waals surface area contributed by atoms with Gasteiger partial charge in [0.1, 0.15) is 0 Å². The molecule has 3 heterocycles. The molecular weight excluding hydrogens is 304 g/mol. The van der Waals surface area contributed by atoms with Crippen molar-refractivity contribution in [1.29, 1.82) is 0 Å². The Kier molecular flexibility index (Phi) is 4.81. The summed E-state index contributed by atoms with van der Waals surface area (Å²) in [6.45, 7) is 2.94. The molecule has 130 valence electrons. The van der Waals surface area contributed by atoms with Gasteiger partial charge in [-0.3, -0.25) is 9.78 Å². The van der Waals surface area contributed by atoms with Gasteiger partial charge < -0.3 is 14.4 Å². The number of ether oxygens (including phenoxy) is 2. The number of hydrogen-bond acceptors (Lipinski definition) is 4. The third-order valence-corrected chi connectivity index (χ3v) is 5.48. The molecule has 1 aromatic heterocycles. The molecule has 0 aromatic carbocycles. The van der Waals surface area contributed by atoms with Crippen molar-refractivity contribution in [3.63, 3.8) is 0 Å². The largest absolute Gasteiger partial charge is 0.381 e. The van der Waals surface area contributed by atoms with Crippen LogP contribution in [0.5, 0.6) is 0 Å². The maximum absolute atomic E-state index is 12.9. The van der Waals surface area contributed by atoms with Crippen LogP contribution >= 0.6 is 0 Å². The SMILES string of the molecule is O=C([C@H]1CCOC1)N1CC[C@@H](OCC2CC2)[C@@H]1Cc1ccncc1. The highest BCUT2D eigenvalue weighted by atomic mass is 16.5. The van der Waals surface area contributed by atoms with E-state index in [1.807, 2.05) is 24.5 Å². The molecule has 0 unspecified atom stereocenters. The summed E-state index contributed by atoms with van der Waals surface area (Å²) in [7, 11) is 0. The molecule has 5 heteroatoms. The van der Waals surface area contributed by atoms with E-state index >= 15 is 0 Å². The Bertz CT molecular complexity index is 555. The molecule has 2 aliphatic heterocycles. The third kappa shape index (κ3) is 3.62. The summed E-state index contributed by atoms with van der Waals surface area (Å²) >= 11 is 0. The average Bonchev–Trinajstić information content (AvgIpc) is 3.12. The van der Waals surface area contributed by atoms with Crippen LogP contribution in [-0.2, 0) is 20.7 Å². The van der Waals surface area contributed by atoms with Gasteiger partial charge in [0.05, 0.1) is 24.7 Å². The molecule has 0 N–H and O–H groups in total. The molecule has 4 rings (SSSR count). The fourth-order valence-electron chi connectivity index (χ4n) is 3.80. The van der Waals surface area contributed by atoms with Crippen LogP contribution < -0.4 is 0 Å². The van der Waals surface area contributed by atoms with Crippen molar-refractivity contribution in [3.8, 4) is 0 Å². The van der Waals surface area contributed by atoms with Gasteiger partial charge in [-0.1, -0.05) is 0 Å². The fourth-order valence-corrected chi connectivity index (χ4v) is 3.80. The topological polar surface area (TPSA) is 51.7 Å². The second-order valence-corrected chi connectivity index (χ2v) is 7.32. The quantitative estimate of drug-likeness (QED) is 0.801. The standard InChI is InChI=1S/C19H26N2O3/c22-19(16-6-10-23-13-16)21-9-5-18(24-12-15-1-2-15)17(21)11-14-3-7-20-8-4-14/h3-4,7-8,15-18H,1-2,5-6,9-13H2/t16-,17-,18+/m0/s1. The molecule has 0 spiro atoms. The lowest BCUT2D eigenvalue weighted by Gasteiger charge is -2.30. The van der Waals surface area contributed by atoms with E-state index in [9.17, 15) is 4.79 Å². The number of pyridine rings is 1. The Morgan fingerprint density at radius 2 is 2.08 bits per heavy atom. The Morgan fingerprint density at radius 3 is 2.79 bits per heavy atom. The summed E-state index contributed by atoms with van der Waals surface area (Å²) in [5.74, 6) is 1.04. The molecular formula is C19H26N2O3. The van der Waals surface area contributed by atoms with Crippen LogP contribution in [0.4, 0.5) is 0 Å². The summed E-state index contributed by atoms with van der Waals surface area (Å²) in [5, 5.41) is 0. The molecule has 5 nitrogen and oxygen atoms in total. The summed E-state index contributed by atoms with van der Waals surface area (Å²) in [6.07, 6.45) is 9.03. The smallest absolute Gasteiger partial charge is 0.228 e. The Morgan fingerprint density at radius 1 is 1.25 bits per heavy atom. The highest BCUT2D eigenvalue weighted by Crippen LogP contribution is 2.32. The lowest BCUT2D eigenvalue weighted by atomic mass is 10.0. The van der Waals surface area contributed by atoms with E-state index in [0.717, 1.165) is 38.3 Å². The first kappa shape index (κ1) is 16.0. The van der Waals surface area contributed by atoms with Crippen LogP contribution in [0.3, 0.4) is 0 Å². The lowest BCUT2D eigenvalue weighted by Crippen LogP contribution is -2.44.